The fourth-order valence-corrected chi connectivity index (χ4v) is 2.39. The Morgan fingerprint density at radius 3 is 2.53 bits per heavy atom. The molecule has 2 aromatic rings. The molecule has 0 saturated carbocycles. The first kappa shape index (κ1) is 13.9. The number of nitrogens with zero attached hydrogens (tertiary/aromatic N) is 1. The number of hydrogen-bond acceptors (Lipinski definition) is 3. The monoisotopic (exact) mass is 286 g/mol. The molecule has 19 heavy (non-hydrogen) atoms. The summed E-state index contributed by atoms with van der Waals surface area (Å²) in [5.41, 5.74) is 0.375. The van der Waals surface area contributed by atoms with Crippen molar-refractivity contribution in [1.29, 1.82) is 0 Å². The Morgan fingerprint density at radius 2 is 2.00 bits per heavy atom. The van der Waals surface area contributed by atoms with Gasteiger partial charge in [0.2, 0.25) is 0 Å². The van der Waals surface area contributed by atoms with Gasteiger partial charge in [-0.3, -0.25) is 0 Å². The number of thiophene rings is 1. The third-order valence-electron chi connectivity index (χ3n) is 2.54. The van der Waals surface area contributed by atoms with E-state index in [1.54, 1.807) is 0 Å². The minimum absolute atomic E-state index is 0.246. The summed E-state index contributed by atoms with van der Waals surface area (Å²) in [4.78, 5) is 5.26. The second-order valence-electron chi connectivity index (χ2n) is 4.10. The second kappa shape index (κ2) is 5.21. The van der Waals surface area contributed by atoms with E-state index in [1.807, 2.05) is 25.3 Å². The van der Waals surface area contributed by atoms with Crippen molar-refractivity contribution in [1.82, 2.24) is 4.98 Å². The maximum atomic E-state index is 12.9. The summed E-state index contributed by atoms with van der Waals surface area (Å²) < 4.78 is 38.6. The van der Waals surface area contributed by atoms with Crippen LogP contribution in [0.3, 0.4) is 0 Å². The molecule has 2 rings (SSSR count). The molecule has 0 radical (unpaired) electrons. The van der Waals surface area contributed by atoms with Crippen LogP contribution >= 0.6 is 11.3 Å². The molecule has 0 spiro atoms. The summed E-state index contributed by atoms with van der Waals surface area (Å²) in [6.45, 7) is 4.25. The fraction of sp³-hybridized carbons (Fsp3) is 0.308. The van der Waals surface area contributed by atoms with Crippen molar-refractivity contribution in [3.63, 3.8) is 0 Å². The van der Waals surface area contributed by atoms with Crippen molar-refractivity contribution >= 4 is 17.2 Å². The quantitative estimate of drug-likeness (QED) is 0.894. The summed E-state index contributed by atoms with van der Waals surface area (Å²) in [7, 11) is 0. The molecule has 2 nitrogen and oxygen atoms in total. The molecule has 2 aromatic heterocycles. The Morgan fingerprint density at radius 1 is 1.26 bits per heavy atom. The number of pyridine rings is 1. The Bertz CT molecular complexity index is 576. The van der Waals surface area contributed by atoms with Crippen LogP contribution in [0, 0.1) is 6.92 Å². The van der Waals surface area contributed by atoms with Gasteiger partial charge in [-0.15, -0.1) is 11.3 Å². The lowest BCUT2D eigenvalue weighted by atomic mass is 10.1. The van der Waals surface area contributed by atoms with Crippen molar-refractivity contribution in [2.75, 3.05) is 11.9 Å². The Hall–Kier alpha value is -1.56. The summed E-state index contributed by atoms with van der Waals surface area (Å²) in [5.74, 6) is 0.246. The molecule has 2 heterocycles. The third kappa shape index (κ3) is 3.26. The van der Waals surface area contributed by atoms with E-state index in [0.717, 1.165) is 17.0 Å². The lowest BCUT2D eigenvalue weighted by Gasteiger charge is -2.11. The number of aromatic nitrogens is 1. The highest BCUT2D eigenvalue weighted by Crippen LogP contribution is 2.34. The molecular weight excluding hydrogens is 273 g/mol. The van der Waals surface area contributed by atoms with E-state index in [1.165, 1.54) is 11.3 Å². The van der Waals surface area contributed by atoms with E-state index in [9.17, 15) is 13.2 Å². The molecule has 102 valence electrons. The van der Waals surface area contributed by atoms with E-state index < -0.39 is 11.7 Å². The van der Waals surface area contributed by atoms with Crippen LogP contribution in [-0.2, 0) is 6.18 Å². The molecule has 1 N–H and O–H groups in total. The smallest absolute Gasteiger partial charge is 0.370 e. The lowest BCUT2D eigenvalue weighted by molar-refractivity contribution is -0.137. The zero-order valence-electron chi connectivity index (χ0n) is 10.5. The maximum absolute atomic E-state index is 12.9. The summed E-state index contributed by atoms with van der Waals surface area (Å²) in [6, 6.07) is 3.96. The van der Waals surface area contributed by atoms with Gasteiger partial charge < -0.3 is 5.32 Å². The maximum Gasteiger partial charge on any atom is 0.416 e. The van der Waals surface area contributed by atoms with Gasteiger partial charge in [-0.2, -0.15) is 13.2 Å². The SMILES string of the molecule is CCNc1cc(C(F)(F)F)cc(-c2csc(C)c2)n1. The van der Waals surface area contributed by atoms with Gasteiger partial charge >= 0.3 is 6.18 Å². The van der Waals surface area contributed by atoms with Crippen LogP contribution in [0.15, 0.2) is 23.6 Å². The van der Waals surface area contributed by atoms with Crippen LogP contribution in [0.1, 0.15) is 17.4 Å². The van der Waals surface area contributed by atoms with E-state index in [4.69, 9.17) is 0 Å². The molecule has 0 saturated heterocycles. The van der Waals surface area contributed by atoms with Gasteiger partial charge in [0.1, 0.15) is 5.82 Å². The molecule has 0 aliphatic rings. The predicted molar refractivity (Wildman–Crippen MR) is 71.5 cm³/mol. The first-order valence-electron chi connectivity index (χ1n) is 5.79. The number of nitrogens with one attached hydrogen (secondary N) is 1. The zero-order valence-corrected chi connectivity index (χ0v) is 11.3. The van der Waals surface area contributed by atoms with Crippen molar-refractivity contribution in [3.05, 3.63) is 34.0 Å². The number of alkyl halides is 3. The van der Waals surface area contributed by atoms with Gasteiger partial charge in [0, 0.05) is 22.4 Å². The Kier molecular flexibility index (Phi) is 3.80. The van der Waals surface area contributed by atoms with Crippen LogP contribution in [0.2, 0.25) is 0 Å². The highest BCUT2D eigenvalue weighted by Gasteiger charge is 2.31. The predicted octanol–water partition coefficient (Wildman–Crippen LogP) is 4.57. The van der Waals surface area contributed by atoms with Crippen LogP contribution < -0.4 is 5.32 Å². The molecule has 0 unspecified atom stereocenters. The van der Waals surface area contributed by atoms with Crippen LogP contribution in [-0.4, -0.2) is 11.5 Å². The summed E-state index contributed by atoms with van der Waals surface area (Å²) in [5, 5.41) is 4.64. The van der Waals surface area contributed by atoms with E-state index in [-0.39, 0.29) is 5.82 Å². The lowest BCUT2D eigenvalue weighted by Crippen LogP contribution is -2.08. The largest absolute Gasteiger partial charge is 0.416 e. The third-order valence-corrected chi connectivity index (χ3v) is 3.40. The number of halogens is 3. The second-order valence-corrected chi connectivity index (χ2v) is 5.22. The molecule has 0 amide bonds. The highest BCUT2D eigenvalue weighted by atomic mass is 32.1. The topological polar surface area (TPSA) is 24.9 Å². The van der Waals surface area contributed by atoms with Gasteiger partial charge in [0.05, 0.1) is 11.3 Å². The highest BCUT2D eigenvalue weighted by molar-refractivity contribution is 7.10. The number of hydrogen-bond donors (Lipinski definition) is 1. The Balaban J connectivity index is 2.51. The van der Waals surface area contributed by atoms with Gasteiger partial charge in [0.25, 0.3) is 0 Å². The minimum atomic E-state index is -4.37. The number of rotatable bonds is 3. The van der Waals surface area contributed by atoms with Crippen LogP contribution in [0.25, 0.3) is 11.3 Å². The molecule has 6 heteroatoms. The molecular formula is C13H13F3N2S. The van der Waals surface area contributed by atoms with Crippen molar-refractivity contribution in [2.45, 2.75) is 20.0 Å². The van der Waals surface area contributed by atoms with Crippen LogP contribution in [0.5, 0.6) is 0 Å². The molecule has 0 aliphatic carbocycles. The number of anilines is 1. The average Bonchev–Trinajstić information content (AvgIpc) is 2.75. The molecule has 0 atom stereocenters. The standard InChI is InChI=1S/C13H13F3N2S/c1-3-17-12-6-10(13(14,15)16)5-11(18-12)9-4-8(2)19-7-9/h4-7H,3H2,1-2H3,(H,17,18). The molecule has 0 fully saturated rings. The van der Waals surface area contributed by atoms with Crippen molar-refractivity contribution in [2.24, 2.45) is 0 Å². The van der Waals surface area contributed by atoms with Crippen molar-refractivity contribution < 1.29 is 13.2 Å². The average molecular weight is 286 g/mol. The van der Waals surface area contributed by atoms with Crippen LogP contribution in [0.4, 0.5) is 19.0 Å². The normalized spacial score (nSPS) is 11.6. The first-order chi connectivity index (χ1) is 8.90. The summed E-state index contributed by atoms with van der Waals surface area (Å²) >= 11 is 1.49. The molecule has 0 aliphatic heterocycles. The van der Waals surface area contributed by atoms with Gasteiger partial charge in [-0.25, -0.2) is 4.98 Å². The van der Waals surface area contributed by atoms with E-state index in [2.05, 4.69) is 10.3 Å². The van der Waals surface area contributed by atoms with E-state index >= 15 is 0 Å². The fourth-order valence-electron chi connectivity index (χ4n) is 1.69. The molecule has 0 aromatic carbocycles. The Labute approximate surface area is 113 Å². The molecule has 0 bridgehead atoms. The zero-order chi connectivity index (χ0) is 14.0. The van der Waals surface area contributed by atoms with Gasteiger partial charge in [0.15, 0.2) is 0 Å². The van der Waals surface area contributed by atoms with Crippen molar-refractivity contribution in [3.8, 4) is 11.3 Å². The van der Waals surface area contributed by atoms with Gasteiger partial charge in [-0.05, 0) is 32.0 Å². The summed E-state index contributed by atoms with van der Waals surface area (Å²) in [6.07, 6.45) is -4.37. The number of aryl methyl sites for hydroxylation is 1. The van der Waals surface area contributed by atoms with E-state index in [0.29, 0.717) is 17.8 Å². The minimum Gasteiger partial charge on any atom is -0.370 e. The van der Waals surface area contributed by atoms with Gasteiger partial charge in [-0.1, -0.05) is 0 Å². The first-order valence-corrected chi connectivity index (χ1v) is 6.67.